The highest BCUT2D eigenvalue weighted by Crippen LogP contribution is 2.33. The first kappa shape index (κ1) is 15.7. The Bertz CT molecular complexity index is 1050. The first-order valence-electron chi connectivity index (χ1n) is 7.91. The van der Waals surface area contributed by atoms with Gasteiger partial charge in [-0.2, -0.15) is 0 Å². The van der Waals surface area contributed by atoms with E-state index in [-0.39, 0.29) is 5.75 Å². The van der Waals surface area contributed by atoms with Crippen molar-refractivity contribution >= 4 is 33.1 Å². The fraction of sp³-hybridized carbons (Fsp3) is 0.0500. The van der Waals surface area contributed by atoms with Crippen LogP contribution in [0.15, 0.2) is 71.3 Å². The average molecular weight is 394 g/mol. The molecule has 0 aliphatic heterocycles. The Hall–Kier alpha value is -2.79. The number of hydrogen-bond acceptors (Lipinski definition) is 3. The van der Waals surface area contributed by atoms with Crippen LogP contribution in [-0.2, 0) is 0 Å². The number of phenols is 1. The van der Waals surface area contributed by atoms with Crippen LogP contribution in [0.5, 0.6) is 5.75 Å². The topological polar surface area (TPSA) is 49.6 Å². The van der Waals surface area contributed by atoms with E-state index in [2.05, 4.69) is 21.2 Å². The molecule has 0 saturated carbocycles. The van der Waals surface area contributed by atoms with E-state index in [0.717, 1.165) is 38.4 Å². The standard InChI is InChI=1S/C20H16BrN3O/c1-13-9-10-24-18(11-13)23-19(14-3-2-4-17(25)12-14)20(24)22-16-7-5-15(21)6-8-16/h2-12,22,25H,1H3. The number of fused-ring (bicyclic) bond motifs is 1. The van der Waals surface area contributed by atoms with E-state index < -0.39 is 0 Å². The van der Waals surface area contributed by atoms with Crippen molar-refractivity contribution < 1.29 is 5.11 Å². The summed E-state index contributed by atoms with van der Waals surface area (Å²) in [5, 5.41) is 13.3. The average Bonchev–Trinajstić information content (AvgIpc) is 2.94. The SMILES string of the molecule is Cc1ccn2c(Nc3ccc(Br)cc3)c(-c3cccc(O)c3)nc2c1. The van der Waals surface area contributed by atoms with E-state index in [4.69, 9.17) is 4.98 Å². The highest BCUT2D eigenvalue weighted by Gasteiger charge is 2.15. The number of phenolic OH excluding ortho intramolecular Hbond substituents is 1. The minimum atomic E-state index is 0.223. The van der Waals surface area contributed by atoms with Gasteiger partial charge in [0.2, 0.25) is 0 Å². The minimum Gasteiger partial charge on any atom is -0.508 e. The Morgan fingerprint density at radius 3 is 2.60 bits per heavy atom. The monoisotopic (exact) mass is 393 g/mol. The summed E-state index contributed by atoms with van der Waals surface area (Å²) in [6, 6.07) is 19.2. The Balaban J connectivity index is 1.90. The lowest BCUT2D eigenvalue weighted by atomic mass is 10.1. The molecule has 5 heteroatoms. The molecule has 2 aromatic carbocycles. The maximum Gasteiger partial charge on any atom is 0.143 e. The lowest BCUT2D eigenvalue weighted by Crippen LogP contribution is -1.97. The number of anilines is 2. The number of rotatable bonds is 3. The predicted octanol–water partition coefficient (Wildman–Crippen LogP) is 5.52. The second kappa shape index (κ2) is 6.26. The maximum atomic E-state index is 9.84. The Labute approximate surface area is 153 Å². The highest BCUT2D eigenvalue weighted by molar-refractivity contribution is 9.10. The molecule has 0 aliphatic rings. The fourth-order valence-electron chi connectivity index (χ4n) is 2.79. The number of imidazole rings is 1. The third-order valence-corrected chi connectivity index (χ3v) is 4.54. The normalized spacial score (nSPS) is 11.0. The molecular weight excluding hydrogens is 378 g/mol. The second-order valence-corrected chi connectivity index (χ2v) is 6.84. The van der Waals surface area contributed by atoms with Crippen LogP contribution in [0, 0.1) is 6.92 Å². The molecule has 0 amide bonds. The molecule has 2 heterocycles. The number of halogens is 1. The van der Waals surface area contributed by atoms with Crippen LogP contribution in [0.25, 0.3) is 16.9 Å². The van der Waals surface area contributed by atoms with Crippen LogP contribution in [0.4, 0.5) is 11.5 Å². The van der Waals surface area contributed by atoms with Gasteiger partial charge in [0, 0.05) is 21.9 Å². The van der Waals surface area contributed by atoms with E-state index in [1.807, 2.05) is 66.1 Å². The second-order valence-electron chi connectivity index (χ2n) is 5.92. The minimum absolute atomic E-state index is 0.223. The largest absolute Gasteiger partial charge is 0.508 e. The lowest BCUT2D eigenvalue weighted by Gasteiger charge is -2.09. The summed E-state index contributed by atoms with van der Waals surface area (Å²) in [5.74, 6) is 1.09. The van der Waals surface area contributed by atoms with Gasteiger partial charge in [-0.15, -0.1) is 0 Å². The fourth-order valence-corrected chi connectivity index (χ4v) is 3.05. The number of pyridine rings is 1. The van der Waals surface area contributed by atoms with E-state index in [1.165, 1.54) is 0 Å². The summed E-state index contributed by atoms with van der Waals surface area (Å²) in [6.07, 6.45) is 2.01. The molecule has 4 nitrogen and oxygen atoms in total. The van der Waals surface area contributed by atoms with Gasteiger partial charge in [0.25, 0.3) is 0 Å². The molecule has 0 spiro atoms. The van der Waals surface area contributed by atoms with Gasteiger partial charge in [0.15, 0.2) is 0 Å². The zero-order chi connectivity index (χ0) is 17.4. The molecule has 0 aliphatic carbocycles. The van der Waals surface area contributed by atoms with Crippen molar-refractivity contribution in [3.05, 3.63) is 76.9 Å². The van der Waals surface area contributed by atoms with E-state index >= 15 is 0 Å². The summed E-state index contributed by atoms with van der Waals surface area (Å²) in [7, 11) is 0. The van der Waals surface area contributed by atoms with Gasteiger partial charge in [-0.25, -0.2) is 4.98 Å². The molecule has 2 N–H and O–H groups in total. The van der Waals surface area contributed by atoms with Crippen LogP contribution < -0.4 is 5.32 Å². The van der Waals surface area contributed by atoms with Crippen LogP contribution in [0.2, 0.25) is 0 Å². The van der Waals surface area contributed by atoms with Gasteiger partial charge >= 0.3 is 0 Å². The van der Waals surface area contributed by atoms with Crippen molar-refractivity contribution in [1.82, 2.24) is 9.38 Å². The van der Waals surface area contributed by atoms with Crippen LogP contribution in [0.1, 0.15) is 5.56 Å². The van der Waals surface area contributed by atoms with Crippen molar-refractivity contribution in [3.63, 3.8) is 0 Å². The Morgan fingerprint density at radius 2 is 1.84 bits per heavy atom. The van der Waals surface area contributed by atoms with Crippen LogP contribution in [-0.4, -0.2) is 14.5 Å². The zero-order valence-corrected chi connectivity index (χ0v) is 15.2. The molecule has 0 saturated heterocycles. The predicted molar refractivity (Wildman–Crippen MR) is 104 cm³/mol. The molecule has 4 rings (SSSR count). The van der Waals surface area contributed by atoms with E-state index in [0.29, 0.717) is 0 Å². The van der Waals surface area contributed by atoms with Crippen molar-refractivity contribution in [3.8, 4) is 17.0 Å². The summed E-state index contributed by atoms with van der Waals surface area (Å²) in [4.78, 5) is 4.78. The zero-order valence-electron chi connectivity index (χ0n) is 13.6. The third-order valence-electron chi connectivity index (χ3n) is 4.01. The smallest absolute Gasteiger partial charge is 0.143 e. The molecule has 124 valence electrons. The van der Waals surface area contributed by atoms with Gasteiger partial charge in [-0.05, 0) is 61.0 Å². The number of aromatic hydroxyl groups is 1. The van der Waals surface area contributed by atoms with Gasteiger partial charge in [-0.3, -0.25) is 4.40 Å². The first-order chi connectivity index (χ1) is 12.1. The molecule has 0 atom stereocenters. The summed E-state index contributed by atoms with van der Waals surface area (Å²) >= 11 is 3.46. The molecule has 0 fully saturated rings. The number of nitrogens with zero attached hydrogens (tertiary/aromatic N) is 2. The molecule has 2 aromatic heterocycles. The van der Waals surface area contributed by atoms with Crippen molar-refractivity contribution in [2.75, 3.05) is 5.32 Å². The van der Waals surface area contributed by atoms with Gasteiger partial charge in [0.05, 0.1) is 0 Å². The van der Waals surface area contributed by atoms with Gasteiger partial charge in [-0.1, -0.05) is 28.1 Å². The molecule has 25 heavy (non-hydrogen) atoms. The summed E-state index contributed by atoms with van der Waals surface area (Å²) in [5.41, 5.74) is 4.63. The third kappa shape index (κ3) is 3.10. The first-order valence-corrected chi connectivity index (χ1v) is 8.70. The Morgan fingerprint density at radius 1 is 1.04 bits per heavy atom. The summed E-state index contributed by atoms with van der Waals surface area (Å²) < 4.78 is 3.05. The van der Waals surface area contributed by atoms with Crippen molar-refractivity contribution in [2.45, 2.75) is 6.92 Å². The van der Waals surface area contributed by atoms with Crippen molar-refractivity contribution in [1.29, 1.82) is 0 Å². The number of benzene rings is 2. The number of aromatic nitrogens is 2. The highest BCUT2D eigenvalue weighted by atomic mass is 79.9. The van der Waals surface area contributed by atoms with Crippen LogP contribution >= 0.6 is 15.9 Å². The number of nitrogens with one attached hydrogen (secondary N) is 1. The molecule has 0 unspecified atom stereocenters. The number of aryl methyl sites for hydroxylation is 1. The van der Waals surface area contributed by atoms with Gasteiger partial charge < -0.3 is 10.4 Å². The molecule has 4 aromatic rings. The summed E-state index contributed by atoms with van der Waals surface area (Å²) in [6.45, 7) is 2.05. The molecular formula is C20H16BrN3O. The van der Waals surface area contributed by atoms with E-state index in [1.54, 1.807) is 12.1 Å². The van der Waals surface area contributed by atoms with Crippen LogP contribution in [0.3, 0.4) is 0 Å². The quantitative estimate of drug-likeness (QED) is 0.481. The van der Waals surface area contributed by atoms with Gasteiger partial charge in [0.1, 0.15) is 22.9 Å². The van der Waals surface area contributed by atoms with E-state index in [9.17, 15) is 5.11 Å². The Kier molecular flexibility index (Phi) is 3.93. The molecule has 0 radical (unpaired) electrons. The maximum absolute atomic E-state index is 9.84. The number of hydrogen-bond donors (Lipinski definition) is 2. The lowest BCUT2D eigenvalue weighted by molar-refractivity contribution is 0.475. The van der Waals surface area contributed by atoms with Crippen molar-refractivity contribution in [2.24, 2.45) is 0 Å². The molecule has 0 bridgehead atoms.